The third-order valence-corrected chi connectivity index (χ3v) is 5.65. The lowest BCUT2D eigenvalue weighted by molar-refractivity contribution is -0.121. The second-order valence-electron chi connectivity index (χ2n) is 8.44. The van der Waals surface area contributed by atoms with Crippen LogP contribution in [-0.2, 0) is 11.2 Å². The summed E-state index contributed by atoms with van der Waals surface area (Å²) in [5.41, 5.74) is 1.04. The highest BCUT2D eigenvalue weighted by Gasteiger charge is 2.04. The first-order chi connectivity index (χ1) is 15.2. The Kier molecular flexibility index (Phi) is 16.4. The average molecular weight is 432 g/mol. The number of methoxy groups -OCH3 is 1. The number of hydrogen-bond donors (Lipinski definition) is 2. The Hall–Kier alpha value is -1.97. The van der Waals surface area contributed by atoms with E-state index in [1.807, 2.05) is 12.1 Å². The molecule has 0 saturated heterocycles. The Bertz CT molecular complexity index is 612. The summed E-state index contributed by atoms with van der Waals surface area (Å²) >= 11 is 0. The molecule has 1 amide bonds. The first kappa shape index (κ1) is 27.1. The number of carbonyl (C=O) groups excluding carboxylic acids is 1. The number of nitrogens with one attached hydrogen (secondary N) is 1. The van der Waals surface area contributed by atoms with Crippen molar-refractivity contribution < 1.29 is 14.6 Å². The molecule has 2 N–H and O–H groups in total. The Morgan fingerprint density at radius 2 is 1.55 bits per heavy atom. The maximum Gasteiger partial charge on any atom is 0.220 e. The van der Waals surface area contributed by atoms with Crippen LogP contribution in [0.25, 0.3) is 0 Å². The molecule has 1 rings (SSSR count). The minimum Gasteiger partial charge on any atom is -0.504 e. The minimum absolute atomic E-state index is 0.132. The summed E-state index contributed by atoms with van der Waals surface area (Å²) in [6.07, 6.45) is 22.5. The second-order valence-corrected chi connectivity index (χ2v) is 8.44. The van der Waals surface area contributed by atoms with E-state index in [1.165, 1.54) is 77.7 Å². The van der Waals surface area contributed by atoms with E-state index in [9.17, 15) is 9.90 Å². The third kappa shape index (κ3) is 14.6. The number of hydrogen-bond acceptors (Lipinski definition) is 3. The summed E-state index contributed by atoms with van der Waals surface area (Å²) in [7, 11) is 1.54. The van der Waals surface area contributed by atoms with Crippen LogP contribution in [0.3, 0.4) is 0 Å². The maximum absolute atomic E-state index is 12.0. The predicted octanol–water partition coefficient (Wildman–Crippen LogP) is 7.10. The van der Waals surface area contributed by atoms with E-state index in [-0.39, 0.29) is 11.7 Å². The number of ether oxygens (including phenoxy) is 1. The Morgan fingerprint density at radius 1 is 0.935 bits per heavy atom. The largest absolute Gasteiger partial charge is 0.504 e. The molecule has 1 aromatic carbocycles. The first-order valence-corrected chi connectivity index (χ1v) is 12.4. The molecule has 0 aliphatic carbocycles. The number of phenols is 1. The molecule has 176 valence electrons. The van der Waals surface area contributed by atoms with E-state index >= 15 is 0 Å². The molecule has 0 radical (unpaired) electrons. The zero-order valence-corrected chi connectivity index (χ0v) is 20.0. The van der Waals surface area contributed by atoms with Gasteiger partial charge in [-0.25, -0.2) is 0 Å². The second kappa shape index (κ2) is 18.8. The average Bonchev–Trinajstić information content (AvgIpc) is 2.77. The van der Waals surface area contributed by atoms with E-state index in [4.69, 9.17) is 4.74 Å². The van der Waals surface area contributed by atoms with Crippen LogP contribution in [0, 0.1) is 0 Å². The minimum atomic E-state index is 0.132. The molecule has 0 aliphatic rings. The Labute approximate surface area is 190 Å². The molecular formula is C27H45NO3. The molecule has 0 heterocycles. The molecule has 4 heteroatoms. The summed E-state index contributed by atoms with van der Waals surface area (Å²) in [4.78, 5) is 12.0. The molecule has 0 fully saturated rings. The molecule has 0 saturated carbocycles. The third-order valence-electron chi connectivity index (χ3n) is 5.65. The summed E-state index contributed by atoms with van der Waals surface area (Å²) in [5, 5.41) is 12.6. The van der Waals surface area contributed by atoms with Crippen LogP contribution in [0.2, 0.25) is 0 Å². The van der Waals surface area contributed by atoms with Crippen molar-refractivity contribution in [3.63, 3.8) is 0 Å². The van der Waals surface area contributed by atoms with E-state index < -0.39 is 0 Å². The van der Waals surface area contributed by atoms with E-state index in [0.717, 1.165) is 24.8 Å². The van der Waals surface area contributed by atoms with Crippen molar-refractivity contribution in [2.45, 2.75) is 103 Å². The fourth-order valence-electron chi connectivity index (χ4n) is 3.67. The first-order valence-electron chi connectivity index (χ1n) is 12.4. The lowest BCUT2D eigenvalue weighted by Gasteiger charge is -2.08. The van der Waals surface area contributed by atoms with E-state index in [2.05, 4.69) is 24.4 Å². The van der Waals surface area contributed by atoms with E-state index in [0.29, 0.717) is 18.7 Å². The molecule has 0 aliphatic heterocycles. The monoisotopic (exact) mass is 431 g/mol. The molecule has 0 atom stereocenters. The van der Waals surface area contributed by atoms with Gasteiger partial charge in [0.1, 0.15) is 0 Å². The Morgan fingerprint density at radius 3 is 2.19 bits per heavy atom. The highest BCUT2D eigenvalue weighted by atomic mass is 16.5. The zero-order valence-electron chi connectivity index (χ0n) is 20.0. The molecule has 31 heavy (non-hydrogen) atoms. The van der Waals surface area contributed by atoms with Crippen LogP contribution in [0.4, 0.5) is 0 Å². The fourth-order valence-corrected chi connectivity index (χ4v) is 3.67. The number of allylic oxidation sites excluding steroid dienone is 2. The van der Waals surface area contributed by atoms with Gasteiger partial charge in [0, 0.05) is 13.0 Å². The molecule has 0 spiro atoms. The van der Waals surface area contributed by atoms with Gasteiger partial charge in [-0.2, -0.15) is 0 Å². The maximum atomic E-state index is 12.0. The van der Waals surface area contributed by atoms with Crippen LogP contribution in [0.5, 0.6) is 11.5 Å². The quantitative estimate of drug-likeness (QED) is 0.181. The van der Waals surface area contributed by atoms with Crippen molar-refractivity contribution in [2.24, 2.45) is 0 Å². The molecule has 1 aromatic rings. The van der Waals surface area contributed by atoms with Gasteiger partial charge in [0.2, 0.25) is 5.91 Å². The lowest BCUT2D eigenvalue weighted by Crippen LogP contribution is -2.25. The van der Waals surface area contributed by atoms with Crippen LogP contribution in [0.15, 0.2) is 30.4 Å². The van der Waals surface area contributed by atoms with Gasteiger partial charge < -0.3 is 15.2 Å². The van der Waals surface area contributed by atoms with Gasteiger partial charge >= 0.3 is 0 Å². The van der Waals surface area contributed by atoms with Gasteiger partial charge in [-0.15, -0.1) is 0 Å². The van der Waals surface area contributed by atoms with E-state index in [1.54, 1.807) is 6.07 Å². The van der Waals surface area contributed by atoms with Crippen molar-refractivity contribution in [2.75, 3.05) is 13.7 Å². The molecule has 4 nitrogen and oxygen atoms in total. The SMILES string of the molecule is CCCCCC/C=C/CCCCCCCCCC(=O)NCCc1ccc(O)c(OC)c1. The fraction of sp³-hybridized carbons (Fsp3) is 0.667. The number of aromatic hydroxyl groups is 1. The molecule has 0 unspecified atom stereocenters. The molecular weight excluding hydrogens is 386 g/mol. The molecule has 0 bridgehead atoms. The van der Waals surface area contributed by atoms with Gasteiger partial charge in [-0.3, -0.25) is 4.79 Å². The topological polar surface area (TPSA) is 58.6 Å². The van der Waals surface area contributed by atoms with Crippen molar-refractivity contribution in [3.05, 3.63) is 35.9 Å². The van der Waals surface area contributed by atoms with Gasteiger partial charge in [0.25, 0.3) is 0 Å². The highest BCUT2D eigenvalue weighted by molar-refractivity contribution is 5.75. The Balaban J connectivity index is 1.90. The number of benzene rings is 1. The summed E-state index contributed by atoms with van der Waals surface area (Å²) < 4.78 is 5.11. The number of amides is 1. The summed E-state index contributed by atoms with van der Waals surface area (Å²) in [6, 6.07) is 5.30. The number of rotatable bonds is 19. The van der Waals surface area contributed by atoms with Crippen molar-refractivity contribution in [1.29, 1.82) is 0 Å². The van der Waals surface area contributed by atoms with Crippen molar-refractivity contribution in [1.82, 2.24) is 5.32 Å². The zero-order chi connectivity index (χ0) is 22.6. The van der Waals surface area contributed by atoms with Crippen LogP contribution >= 0.6 is 0 Å². The van der Waals surface area contributed by atoms with Crippen LogP contribution < -0.4 is 10.1 Å². The number of unbranched alkanes of at least 4 members (excludes halogenated alkanes) is 11. The smallest absolute Gasteiger partial charge is 0.220 e. The highest BCUT2D eigenvalue weighted by Crippen LogP contribution is 2.26. The summed E-state index contributed by atoms with van der Waals surface area (Å²) in [6.45, 7) is 2.87. The standard InChI is InChI=1S/C27H45NO3/c1-3-4-5-6-7-8-9-10-11-12-13-14-15-16-17-18-27(30)28-22-21-24-19-20-25(29)26(23-24)31-2/h8-9,19-20,23,29H,3-7,10-18,21-22H2,1-2H3,(H,28,30)/b9-8+. The lowest BCUT2D eigenvalue weighted by atomic mass is 10.1. The van der Waals surface area contributed by atoms with Crippen LogP contribution in [-0.4, -0.2) is 24.7 Å². The van der Waals surface area contributed by atoms with Crippen molar-refractivity contribution >= 4 is 5.91 Å². The number of phenolic OH excluding ortho intramolecular Hbond substituents is 1. The number of carbonyl (C=O) groups is 1. The van der Waals surface area contributed by atoms with Gasteiger partial charge in [0.15, 0.2) is 11.5 Å². The molecule has 0 aromatic heterocycles. The van der Waals surface area contributed by atoms with Crippen molar-refractivity contribution in [3.8, 4) is 11.5 Å². The van der Waals surface area contributed by atoms with Gasteiger partial charge in [-0.05, 0) is 56.2 Å². The summed E-state index contributed by atoms with van der Waals surface area (Å²) in [5.74, 6) is 0.741. The van der Waals surface area contributed by atoms with Crippen LogP contribution in [0.1, 0.15) is 102 Å². The normalized spacial score (nSPS) is 11.2. The predicted molar refractivity (Wildman–Crippen MR) is 131 cm³/mol. The van der Waals surface area contributed by atoms with Gasteiger partial charge in [0.05, 0.1) is 7.11 Å². The van der Waals surface area contributed by atoms with Gasteiger partial charge in [-0.1, -0.05) is 76.5 Å².